The van der Waals surface area contributed by atoms with Crippen LogP contribution in [0.4, 0.5) is 0 Å². The van der Waals surface area contributed by atoms with Crippen molar-refractivity contribution in [1.82, 2.24) is 4.90 Å². The van der Waals surface area contributed by atoms with Crippen molar-refractivity contribution in [3.05, 3.63) is 35.4 Å². The zero-order chi connectivity index (χ0) is 12.3. The minimum absolute atomic E-state index is 0.410. The number of hydrogen-bond donors (Lipinski definition) is 1. The molecule has 0 saturated carbocycles. The molecule has 17 heavy (non-hydrogen) atoms. The van der Waals surface area contributed by atoms with Gasteiger partial charge in [-0.25, -0.2) is 0 Å². The summed E-state index contributed by atoms with van der Waals surface area (Å²) in [5.41, 5.74) is 9.00. The lowest BCUT2D eigenvalue weighted by molar-refractivity contribution is 0.145. The monoisotopic (exact) mass is 232 g/mol. The van der Waals surface area contributed by atoms with Crippen LogP contribution in [0.3, 0.4) is 0 Å². The molecule has 2 heteroatoms. The molecular weight excluding hydrogens is 208 g/mol. The average Bonchev–Trinajstić information content (AvgIpc) is 2.34. The van der Waals surface area contributed by atoms with Crippen molar-refractivity contribution in [1.29, 1.82) is 0 Å². The van der Waals surface area contributed by atoms with Gasteiger partial charge in [0.15, 0.2) is 0 Å². The van der Waals surface area contributed by atoms with Crippen LogP contribution in [0.25, 0.3) is 0 Å². The third kappa shape index (κ3) is 3.08. The molecule has 1 aliphatic heterocycles. The Morgan fingerprint density at radius 1 is 1.35 bits per heavy atom. The van der Waals surface area contributed by atoms with E-state index in [2.05, 4.69) is 43.0 Å². The number of nitrogens with two attached hydrogens (primary N) is 1. The molecule has 0 spiro atoms. The summed E-state index contributed by atoms with van der Waals surface area (Å²) < 4.78 is 0. The summed E-state index contributed by atoms with van der Waals surface area (Å²) in [6, 6.07) is 9.09. The first-order valence-electron chi connectivity index (χ1n) is 6.73. The largest absolute Gasteiger partial charge is 0.327 e. The molecule has 2 rings (SSSR count). The molecule has 1 aromatic rings. The van der Waals surface area contributed by atoms with Crippen molar-refractivity contribution in [2.75, 3.05) is 13.1 Å². The molecule has 2 N–H and O–H groups in total. The molecule has 0 radical (unpaired) electrons. The number of rotatable bonds is 3. The van der Waals surface area contributed by atoms with Crippen LogP contribution in [0, 0.1) is 12.8 Å². The lowest BCUT2D eigenvalue weighted by atomic mass is 9.90. The second-order valence-corrected chi connectivity index (χ2v) is 5.28. The van der Waals surface area contributed by atoms with Gasteiger partial charge in [-0.15, -0.1) is 0 Å². The van der Waals surface area contributed by atoms with Crippen molar-refractivity contribution in [3.63, 3.8) is 0 Å². The first kappa shape index (κ1) is 12.6. The van der Waals surface area contributed by atoms with E-state index in [9.17, 15) is 0 Å². The number of hydrogen-bond acceptors (Lipinski definition) is 2. The summed E-state index contributed by atoms with van der Waals surface area (Å²) in [6.07, 6.45) is 2.34. The zero-order valence-electron chi connectivity index (χ0n) is 11.0. The molecule has 0 bridgehead atoms. The van der Waals surface area contributed by atoms with Crippen molar-refractivity contribution >= 4 is 0 Å². The van der Waals surface area contributed by atoms with Crippen LogP contribution in [-0.2, 0) is 6.54 Å². The standard InChI is InChI=1S/C15H24N2/c1-3-13-10-17(9-8-15(13)16)11-14-7-5-4-6-12(14)2/h4-7,13,15H,3,8-11,16H2,1-2H3. The SMILES string of the molecule is CCC1CN(Cc2ccccc2C)CCC1N. The Hall–Kier alpha value is -0.860. The predicted octanol–water partition coefficient (Wildman–Crippen LogP) is 2.55. The van der Waals surface area contributed by atoms with E-state index in [4.69, 9.17) is 5.73 Å². The van der Waals surface area contributed by atoms with Crippen molar-refractivity contribution < 1.29 is 0 Å². The number of aryl methyl sites for hydroxylation is 1. The van der Waals surface area contributed by atoms with Crippen LogP contribution in [-0.4, -0.2) is 24.0 Å². The van der Waals surface area contributed by atoms with Gasteiger partial charge in [-0.3, -0.25) is 4.90 Å². The molecule has 2 unspecified atom stereocenters. The van der Waals surface area contributed by atoms with E-state index >= 15 is 0 Å². The van der Waals surface area contributed by atoms with Gasteiger partial charge in [0.2, 0.25) is 0 Å². The van der Waals surface area contributed by atoms with E-state index in [1.807, 2.05) is 0 Å². The molecule has 2 atom stereocenters. The highest BCUT2D eigenvalue weighted by atomic mass is 15.1. The smallest absolute Gasteiger partial charge is 0.0236 e. The lowest BCUT2D eigenvalue weighted by Crippen LogP contribution is -2.46. The molecular formula is C15H24N2. The summed E-state index contributed by atoms with van der Waals surface area (Å²) in [5.74, 6) is 0.674. The number of benzene rings is 1. The van der Waals surface area contributed by atoms with Crippen molar-refractivity contribution in [2.24, 2.45) is 11.7 Å². The fraction of sp³-hybridized carbons (Fsp3) is 0.600. The third-order valence-corrected chi connectivity index (χ3v) is 4.06. The highest BCUT2D eigenvalue weighted by molar-refractivity contribution is 5.25. The maximum Gasteiger partial charge on any atom is 0.0236 e. The quantitative estimate of drug-likeness (QED) is 0.868. The minimum Gasteiger partial charge on any atom is -0.327 e. The summed E-state index contributed by atoms with van der Waals surface area (Å²) in [7, 11) is 0. The van der Waals surface area contributed by atoms with Crippen LogP contribution in [0.2, 0.25) is 0 Å². The number of piperidine rings is 1. The first-order chi connectivity index (χ1) is 8.20. The molecule has 1 heterocycles. The molecule has 94 valence electrons. The molecule has 2 nitrogen and oxygen atoms in total. The maximum absolute atomic E-state index is 6.15. The normalized spacial score (nSPS) is 26.1. The van der Waals surface area contributed by atoms with Gasteiger partial charge in [-0.05, 0) is 36.9 Å². The van der Waals surface area contributed by atoms with E-state index in [1.165, 1.54) is 17.5 Å². The average molecular weight is 232 g/mol. The summed E-state index contributed by atoms with van der Waals surface area (Å²) in [6.45, 7) is 7.83. The van der Waals surface area contributed by atoms with E-state index in [-0.39, 0.29) is 0 Å². The van der Waals surface area contributed by atoms with Gasteiger partial charge in [0, 0.05) is 19.1 Å². The van der Waals surface area contributed by atoms with Crippen LogP contribution in [0.15, 0.2) is 24.3 Å². The molecule has 0 aliphatic carbocycles. The Kier molecular flexibility index (Phi) is 4.19. The summed E-state index contributed by atoms with van der Waals surface area (Å²) >= 11 is 0. The fourth-order valence-corrected chi connectivity index (χ4v) is 2.73. The second kappa shape index (κ2) is 5.65. The van der Waals surface area contributed by atoms with Gasteiger partial charge in [0.05, 0.1) is 0 Å². The minimum atomic E-state index is 0.410. The van der Waals surface area contributed by atoms with Crippen molar-refractivity contribution in [2.45, 2.75) is 39.3 Å². The van der Waals surface area contributed by atoms with E-state index in [1.54, 1.807) is 0 Å². The maximum atomic E-state index is 6.15. The predicted molar refractivity (Wildman–Crippen MR) is 72.8 cm³/mol. The Morgan fingerprint density at radius 3 is 2.82 bits per heavy atom. The summed E-state index contributed by atoms with van der Waals surface area (Å²) in [5, 5.41) is 0. The van der Waals surface area contributed by atoms with Gasteiger partial charge < -0.3 is 5.73 Å². The van der Waals surface area contributed by atoms with E-state index in [0.717, 1.165) is 26.1 Å². The Balaban J connectivity index is 1.98. The van der Waals surface area contributed by atoms with Gasteiger partial charge in [0.25, 0.3) is 0 Å². The first-order valence-corrected chi connectivity index (χ1v) is 6.73. The molecule has 1 fully saturated rings. The molecule has 1 aliphatic rings. The number of likely N-dealkylation sites (tertiary alicyclic amines) is 1. The molecule has 0 aromatic heterocycles. The fourth-order valence-electron chi connectivity index (χ4n) is 2.73. The van der Waals surface area contributed by atoms with Crippen LogP contribution >= 0.6 is 0 Å². The van der Waals surface area contributed by atoms with E-state index < -0.39 is 0 Å². The van der Waals surface area contributed by atoms with Gasteiger partial charge in [-0.2, -0.15) is 0 Å². The van der Waals surface area contributed by atoms with Gasteiger partial charge >= 0.3 is 0 Å². The van der Waals surface area contributed by atoms with Crippen molar-refractivity contribution in [3.8, 4) is 0 Å². The highest BCUT2D eigenvalue weighted by Gasteiger charge is 2.25. The van der Waals surface area contributed by atoms with Crippen LogP contribution in [0.1, 0.15) is 30.9 Å². The van der Waals surface area contributed by atoms with Crippen LogP contribution in [0.5, 0.6) is 0 Å². The molecule has 1 aromatic carbocycles. The molecule has 1 saturated heterocycles. The third-order valence-electron chi connectivity index (χ3n) is 4.06. The Labute approximate surface area is 105 Å². The number of nitrogens with zero attached hydrogens (tertiary/aromatic N) is 1. The van der Waals surface area contributed by atoms with Crippen LogP contribution < -0.4 is 5.73 Å². The highest BCUT2D eigenvalue weighted by Crippen LogP contribution is 2.21. The second-order valence-electron chi connectivity index (χ2n) is 5.28. The Morgan fingerprint density at radius 2 is 2.12 bits per heavy atom. The Bertz CT molecular complexity index is 362. The van der Waals surface area contributed by atoms with E-state index in [0.29, 0.717) is 12.0 Å². The lowest BCUT2D eigenvalue weighted by Gasteiger charge is -2.36. The molecule has 0 amide bonds. The van der Waals surface area contributed by atoms with Gasteiger partial charge in [-0.1, -0.05) is 37.6 Å². The topological polar surface area (TPSA) is 29.3 Å². The van der Waals surface area contributed by atoms with Gasteiger partial charge in [0.1, 0.15) is 0 Å². The zero-order valence-corrected chi connectivity index (χ0v) is 11.0. The summed E-state index contributed by atoms with van der Waals surface area (Å²) in [4.78, 5) is 2.56.